The fraction of sp³-hybridized carbons (Fsp3) is 0.800. The van der Waals surface area contributed by atoms with Crippen LogP contribution < -0.4 is 0 Å². The van der Waals surface area contributed by atoms with Gasteiger partial charge in [-0.05, 0) is 36.3 Å². The van der Waals surface area contributed by atoms with E-state index in [1.807, 2.05) is 0 Å². The predicted molar refractivity (Wildman–Crippen MR) is 46.5 cm³/mol. The lowest BCUT2D eigenvalue weighted by Crippen LogP contribution is -2.21. The summed E-state index contributed by atoms with van der Waals surface area (Å²) in [5, 5.41) is 0. The van der Waals surface area contributed by atoms with Crippen LogP contribution in [0.15, 0.2) is 0 Å². The molecule has 0 aromatic heterocycles. The molecule has 0 amide bonds. The molecule has 1 unspecified atom stereocenters. The number of hydrogen-bond donors (Lipinski definition) is 0. The molecule has 0 aromatic rings. The fourth-order valence-corrected chi connectivity index (χ4v) is 1.66. The normalized spacial score (nSPS) is 14.0. The molecule has 0 spiro atoms. The van der Waals surface area contributed by atoms with Crippen molar-refractivity contribution >= 4 is 34.5 Å². The monoisotopic (exact) mass is 234 g/mol. The van der Waals surface area contributed by atoms with Gasteiger partial charge in [0.15, 0.2) is 6.10 Å². The minimum absolute atomic E-state index is 0.224. The van der Waals surface area contributed by atoms with E-state index in [1.165, 1.54) is 6.92 Å². The molecule has 4 nitrogen and oxygen atoms in total. The Balaban J connectivity index is 3.96. The Morgan fingerprint density at radius 1 is 1.58 bits per heavy atom. The van der Waals surface area contributed by atoms with Crippen LogP contribution in [0.2, 0.25) is 0 Å². The summed E-state index contributed by atoms with van der Waals surface area (Å²) in [6, 6.07) is 0. The molecule has 0 N–H and O–H groups in total. The Bertz CT molecular complexity index is 202. The largest absolute Gasteiger partial charge is 0.464 e. The van der Waals surface area contributed by atoms with Crippen molar-refractivity contribution in [3.8, 4) is 0 Å². The van der Waals surface area contributed by atoms with Crippen molar-refractivity contribution < 1.29 is 18.6 Å². The van der Waals surface area contributed by atoms with Crippen LogP contribution in [0.3, 0.4) is 0 Å². The lowest BCUT2D eigenvalue weighted by molar-refractivity contribution is -0.150. The van der Waals surface area contributed by atoms with E-state index in [2.05, 4.69) is 9.26 Å². The van der Waals surface area contributed by atoms with Gasteiger partial charge in [-0.25, -0.2) is 4.79 Å². The maximum Gasteiger partial charge on any atom is 0.380 e. The lowest BCUT2D eigenvalue weighted by Gasteiger charge is -2.11. The molecule has 0 radical (unpaired) electrons. The van der Waals surface area contributed by atoms with Crippen molar-refractivity contribution in [1.29, 1.82) is 0 Å². The van der Waals surface area contributed by atoms with Gasteiger partial charge in [-0.2, -0.15) is 0 Å². The van der Waals surface area contributed by atoms with Crippen LogP contribution in [0, 0.1) is 0 Å². The first-order chi connectivity index (χ1) is 5.37. The second kappa shape index (κ2) is 5.07. The second-order valence-corrected chi connectivity index (χ2v) is 6.14. The van der Waals surface area contributed by atoms with Gasteiger partial charge in [0.2, 0.25) is 0 Å². The van der Waals surface area contributed by atoms with Crippen LogP contribution in [0.4, 0.5) is 0 Å². The zero-order chi connectivity index (χ0) is 9.78. The molecule has 0 bridgehead atoms. The van der Waals surface area contributed by atoms with E-state index in [-0.39, 0.29) is 6.61 Å². The molecule has 0 saturated heterocycles. The van der Waals surface area contributed by atoms with Crippen LogP contribution in [0.5, 0.6) is 0 Å². The highest BCUT2D eigenvalue weighted by molar-refractivity contribution is 8.05. The summed E-state index contributed by atoms with van der Waals surface area (Å²) in [4.78, 5) is 10.8. The van der Waals surface area contributed by atoms with Gasteiger partial charge in [0.25, 0.3) is 0 Å². The Kier molecular flexibility index (Phi) is 5.18. The molecule has 0 aliphatic carbocycles. The van der Waals surface area contributed by atoms with E-state index < -0.39 is 18.1 Å². The zero-order valence-corrected chi connectivity index (χ0v) is 9.03. The first-order valence-corrected chi connectivity index (χ1v) is 6.64. The van der Waals surface area contributed by atoms with Crippen molar-refractivity contribution in [3.05, 3.63) is 0 Å². The van der Waals surface area contributed by atoms with Crippen molar-refractivity contribution in [3.63, 3.8) is 0 Å². The van der Waals surface area contributed by atoms with Gasteiger partial charge in [-0.15, -0.1) is 0 Å². The Morgan fingerprint density at radius 2 is 2.08 bits per heavy atom. The van der Waals surface area contributed by atoms with Gasteiger partial charge in [0.05, 0.1) is 6.61 Å². The number of carbonyl (C=O) groups is 1. The summed E-state index contributed by atoms with van der Waals surface area (Å²) in [6.07, 6.45) is -4.66. The smallest absolute Gasteiger partial charge is 0.380 e. The van der Waals surface area contributed by atoms with Gasteiger partial charge in [0.1, 0.15) is 0 Å². The highest BCUT2D eigenvalue weighted by Gasteiger charge is 2.24. The molecule has 0 fully saturated rings. The van der Waals surface area contributed by atoms with E-state index >= 15 is 0 Å². The standard InChI is InChI=1S/C5H9Cl2O4P/c1-3-10-5(8)4(2)11-12(6,7)9/h4H,3H2,1-2H3. The summed E-state index contributed by atoms with van der Waals surface area (Å²) in [5.41, 5.74) is 0. The Hall–Kier alpha value is 0.240. The summed E-state index contributed by atoms with van der Waals surface area (Å²) in [7, 11) is 0. The van der Waals surface area contributed by atoms with E-state index in [1.54, 1.807) is 6.92 Å². The third-order valence-corrected chi connectivity index (χ3v) is 1.94. The topological polar surface area (TPSA) is 52.6 Å². The minimum atomic E-state index is -3.66. The average Bonchev–Trinajstić information content (AvgIpc) is 1.84. The molecule has 7 heteroatoms. The first kappa shape index (κ1) is 12.2. The quantitative estimate of drug-likeness (QED) is 0.554. The van der Waals surface area contributed by atoms with E-state index in [0.717, 1.165) is 0 Å². The second-order valence-electron chi connectivity index (χ2n) is 1.91. The predicted octanol–water partition coefficient (Wildman–Crippen LogP) is 2.54. The molecule has 1 atom stereocenters. The van der Waals surface area contributed by atoms with Crippen LogP contribution in [0.25, 0.3) is 0 Å². The third kappa shape index (κ3) is 5.84. The molecule has 0 rings (SSSR count). The molecule has 72 valence electrons. The summed E-state index contributed by atoms with van der Waals surface area (Å²) in [5.74, 6) is -0.640. The van der Waals surface area contributed by atoms with E-state index in [4.69, 9.17) is 22.5 Å². The number of carbonyl (C=O) groups excluding carboxylic acids is 1. The highest BCUT2D eigenvalue weighted by atomic mass is 35.9. The van der Waals surface area contributed by atoms with Crippen LogP contribution >= 0.6 is 28.6 Å². The molecule has 12 heavy (non-hydrogen) atoms. The Labute approximate surface area is 80.2 Å². The molecule has 0 heterocycles. The third-order valence-electron chi connectivity index (χ3n) is 0.899. The molecule has 0 aromatic carbocycles. The molecular formula is C5H9Cl2O4P. The van der Waals surface area contributed by atoms with Gasteiger partial charge in [0, 0.05) is 0 Å². The summed E-state index contributed by atoms with van der Waals surface area (Å²) >= 11 is 10.1. The number of halogens is 2. The average molecular weight is 235 g/mol. The van der Waals surface area contributed by atoms with Gasteiger partial charge in [-0.3, -0.25) is 9.09 Å². The van der Waals surface area contributed by atoms with Crippen molar-refractivity contribution in [2.75, 3.05) is 6.61 Å². The molecule has 0 aliphatic rings. The van der Waals surface area contributed by atoms with Crippen molar-refractivity contribution in [2.24, 2.45) is 0 Å². The van der Waals surface area contributed by atoms with Gasteiger partial charge >= 0.3 is 12.0 Å². The zero-order valence-electron chi connectivity index (χ0n) is 6.62. The number of esters is 1. The number of rotatable bonds is 4. The lowest BCUT2D eigenvalue weighted by atomic mass is 10.4. The minimum Gasteiger partial charge on any atom is -0.464 e. The first-order valence-electron chi connectivity index (χ1n) is 3.21. The highest BCUT2D eigenvalue weighted by Crippen LogP contribution is 2.58. The molecular weight excluding hydrogens is 226 g/mol. The molecule has 0 saturated carbocycles. The number of ether oxygens (including phenoxy) is 1. The van der Waals surface area contributed by atoms with Crippen molar-refractivity contribution in [2.45, 2.75) is 20.0 Å². The maximum atomic E-state index is 10.8. The van der Waals surface area contributed by atoms with E-state index in [0.29, 0.717) is 0 Å². The van der Waals surface area contributed by atoms with Gasteiger partial charge < -0.3 is 4.74 Å². The maximum absolute atomic E-state index is 10.8. The van der Waals surface area contributed by atoms with Crippen LogP contribution in [-0.4, -0.2) is 18.7 Å². The number of hydrogen-bond acceptors (Lipinski definition) is 4. The Morgan fingerprint density at radius 3 is 2.42 bits per heavy atom. The van der Waals surface area contributed by atoms with Gasteiger partial charge in [-0.1, -0.05) is 0 Å². The van der Waals surface area contributed by atoms with Crippen LogP contribution in [0.1, 0.15) is 13.8 Å². The summed E-state index contributed by atoms with van der Waals surface area (Å²) < 4.78 is 19.6. The molecule has 0 aliphatic heterocycles. The van der Waals surface area contributed by atoms with Crippen LogP contribution in [-0.2, 0) is 18.6 Å². The fourth-order valence-electron chi connectivity index (χ4n) is 0.487. The summed E-state index contributed by atoms with van der Waals surface area (Å²) in [6.45, 7) is 3.22. The van der Waals surface area contributed by atoms with E-state index in [9.17, 15) is 9.36 Å². The SMILES string of the molecule is CCOC(=O)C(C)OP(=O)(Cl)Cl. The van der Waals surface area contributed by atoms with Crippen molar-refractivity contribution in [1.82, 2.24) is 0 Å².